The molecular weight excluding hydrogens is 714 g/mol. The van der Waals surface area contributed by atoms with Crippen molar-refractivity contribution in [1.29, 1.82) is 15.8 Å². The lowest BCUT2D eigenvalue weighted by atomic mass is 10.1. The summed E-state index contributed by atoms with van der Waals surface area (Å²) in [5.74, 6) is 0. The van der Waals surface area contributed by atoms with Gasteiger partial charge in [-0.15, -0.1) is 0 Å². The molecule has 3 aliphatic heterocycles. The van der Waals surface area contributed by atoms with Crippen molar-refractivity contribution < 1.29 is 0 Å². The first-order chi connectivity index (χ1) is 23.8. The van der Waals surface area contributed by atoms with E-state index in [1.807, 2.05) is 91.0 Å². The van der Waals surface area contributed by atoms with E-state index < -0.39 is 18.1 Å². The van der Waals surface area contributed by atoms with Crippen molar-refractivity contribution in [1.82, 2.24) is 0 Å². The van der Waals surface area contributed by atoms with Gasteiger partial charge in [-0.2, -0.15) is 15.8 Å². The van der Waals surface area contributed by atoms with E-state index in [2.05, 4.69) is 59.5 Å². The normalized spacial score (nSPS) is 21.9. The summed E-state index contributed by atoms with van der Waals surface area (Å²) in [5, 5.41) is 39.8. The Morgan fingerprint density at radius 2 is 0.612 bits per heavy atom. The number of hydrogen-bond donors (Lipinski definition) is 0. The second-order valence-electron chi connectivity index (χ2n) is 12.1. The number of rotatable bonds is 3. The van der Waals surface area contributed by atoms with E-state index in [-0.39, 0.29) is 0 Å². The van der Waals surface area contributed by atoms with Crippen LogP contribution in [0.3, 0.4) is 0 Å². The van der Waals surface area contributed by atoms with Crippen LogP contribution < -0.4 is 52.6 Å². The summed E-state index contributed by atoms with van der Waals surface area (Å²) in [5.41, 5.74) is 4.21. The fourth-order valence-corrected chi connectivity index (χ4v) is 20.7. The Kier molecular flexibility index (Phi) is 6.72. The Morgan fingerprint density at radius 3 is 0.816 bits per heavy atom. The van der Waals surface area contributed by atoms with E-state index in [0.29, 0.717) is 16.7 Å². The van der Waals surface area contributed by atoms with Crippen molar-refractivity contribution in [2.24, 2.45) is 0 Å². The highest BCUT2D eigenvalue weighted by Gasteiger charge is 2.53. The van der Waals surface area contributed by atoms with Crippen molar-refractivity contribution >= 4 is 118 Å². The van der Waals surface area contributed by atoms with Gasteiger partial charge in [0, 0.05) is 49.9 Å². The standard InChI is InChI=1S/C39H21N4P3S3/c40-22-25-16-31-37-33(18-25)45(48,29-12-6-2-7-13-29)35-20-27(24-42)21-36-39(35)43(37)38-32(44(31,47)28-10-4-1-5-11-28)17-26(23-41)19-34(38)46(36,49)30-14-8-3-9-15-30/h1-21H. The monoisotopic (exact) mass is 734 g/mol. The second-order valence-corrected chi connectivity index (χ2v) is 25.1. The van der Waals surface area contributed by atoms with Crippen molar-refractivity contribution in [3.8, 4) is 18.2 Å². The molecule has 0 N–H and O–H groups in total. The molecule has 0 aliphatic carbocycles. The molecule has 0 saturated carbocycles. The van der Waals surface area contributed by atoms with Crippen molar-refractivity contribution in [3.63, 3.8) is 0 Å². The fraction of sp³-hybridized carbons (Fsp3) is 0. The van der Waals surface area contributed by atoms with Crippen LogP contribution in [0.4, 0.5) is 17.1 Å². The van der Waals surface area contributed by atoms with Gasteiger partial charge in [-0.1, -0.05) is 126 Å². The molecule has 9 rings (SSSR count). The number of hydrogen-bond acceptors (Lipinski definition) is 7. The molecule has 0 fully saturated rings. The number of nitriles is 3. The summed E-state index contributed by atoms with van der Waals surface area (Å²) in [6.45, 7) is 0. The van der Waals surface area contributed by atoms with Gasteiger partial charge >= 0.3 is 0 Å². The van der Waals surface area contributed by atoms with Gasteiger partial charge in [0.25, 0.3) is 0 Å². The number of nitrogens with zero attached hydrogens (tertiary/aromatic N) is 4. The zero-order valence-corrected chi connectivity index (χ0v) is 30.6. The topological polar surface area (TPSA) is 74.6 Å². The van der Waals surface area contributed by atoms with Crippen LogP contribution in [0, 0.1) is 34.0 Å². The summed E-state index contributed by atoms with van der Waals surface area (Å²) < 4.78 is 0. The molecule has 0 saturated heterocycles. The van der Waals surface area contributed by atoms with Crippen LogP contribution in [0.15, 0.2) is 127 Å². The van der Waals surface area contributed by atoms with E-state index in [1.165, 1.54) is 0 Å². The van der Waals surface area contributed by atoms with E-state index in [4.69, 9.17) is 35.4 Å². The maximum Gasteiger partial charge on any atom is 0.0992 e. The first-order valence-corrected chi connectivity index (χ1v) is 23.8. The quantitative estimate of drug-likeness (QED) is 0.237. The minimum Gasteiger partial charge on any atom is -0.306 e. The van der Waals surface area contributed by atoms with Gasteiger partial charge in [-0.05, 0) is 52.3 Å². The summed E-state index contributed by atoms with van der Waals surface area (Å²) in [7, 11) is 0. The maximum absolute atomic E-state index is 10.5. The second kappa shape index (κ2) is 10.8. The zero-order valence-electron chi connectivity index (χ0n) is 25.5. The maximum atomic E-state index is 10.5. The molecule has 4 nitrogen and oxygen atoms in total. The Hall–Kier alpha value is -4.46. The molecule has 10 heteroatoms. The van der Waals surface area contributed by atoms with Crippen molar-refractivity contribution in [3.05, 3.63) is 144 Å². The Morgan fingerprint density at radius 1 is 0.388 bits per heavy atom. The average molecular weight is 735 g/mol. The van der Waals surface area contributed by atoms with Gasteiger partial charge in [0.2, 0.25) is 0 Å². The Balaban J connectivity index is 1.59. The van der Waals surface area contributed by atoms with Gasteiger partial charge in [0.05, 0.1) is 52.0 Å². The van der Waals surface area contributed by atoms with Crippen LogP contribution in [0.25, 0.3) is 0 Å². The number of anilines is 3. The van der Waals surface area contributed by atoms with Gasteiger partial charge in [-0.3, -0.25) is 0 Å². The van der Waals surface area contributed by atoms with Crippen LogP contribution in [0.5, 0.6) is 0 Å². The third-order valence-electron chi connectivity index (χ3n) is 9.66. The third-order valence-corrected chi connectivity index (χ3v) is 24.3. The van der Waals surface area contributed by atoms with Gasteiger partial charge in [0.1, 0.15) is 0 Å². The molecule has 6 aromatic rings. The van der Waals surface area contributed by atoms with E-state index in [1.54, 1.807) is 0 Å². The molecule has 0 bridgehead atoms. The number of benzene rings is 6. The van der Waals surface area contributed by atoms with Crippen LogP contribution in [-0.4, -0.2) is 0 Å². The van der Waals surface area contributed by atoms with Crippen LogP contribution in [0.2, 0.25) is 0 Å². The predicted molar refractivity (Wildman–Crippen MR) is 214 cm³/mol. The largest absolute Gasteiger partial charge is 0.306 e. The van der Waals surface area contributed by atoms with Crippen molar-refractivity contribution in [2.75, 3.05) is 4.90 Å². The van der Waals surface area contributed by atoms with E-state index in [0.717, 1.165) is 64.8 Å². The van der Waals surface area contributed by atoms with Gasteiger partial charge < -0.3 is 4.90 Å². The molecule has 0 aromatic heterocycles. The van der Waals surface area contributed by atoms with Crippen molar-refractivity contribution in [2.45, 2.75) is 0 Å². The molecule has 0 radical (unpaired) electrons. The lowest BCUT2D eigenvalue weighted by Gasteiger charge is -2.52. The molecular formula is C39H21N4P3S3. The zero-order chi connectivity index (χ0) is 33.7. The molecule has 6 aromatic carbocycles. The van der Waals surface area contributed by atoms with E-state index in [9.17, 15) is 15.8 Å². The SMILES string of the molecule is N#Cc1cc2c3c(c1)P(=S)(c1ccccc1)c1cc(C#N)cc4c1N3c1c(cc(C#N)cc1P4(=S)c1ccccc1)P2(=S)c1ccccc1. The van der Waals surface area contributed by atoms with Crippen LogP contribution >= 0.6 is 18.1 Å². The molecule has 3 aliphatic rings. The van der Waals surface area contributed by atoms with Gasteiger partial charge in [-0.25, -0.2) is 0 Å². The van der Waals surface area contributed by atoms with Gasteiger partial charge in [0.15, 0.2) is 0 Å². The minimum atomic E-state index is -2.91. The Bertz CT molecular complexity index is 2360. The predicted octanol–water partition coefficient (Wildman–Crippen LogP) is 4.98. The smallest absolute Gasteiger partial charge is 0.0992 e. The van der Waals surface area contributed by atoms with Crippen LogP contribution in [-0.2, 0) is 35.4 Å². The summed E-state index contributed by atoms with van der Waals surface area (Å²) in [6.07, 6.45) is 0. The molecule has 230 valence electrons. The highest BCUT2D eigenvalue weighted by atomic mass is 32.4. The first-order valence-electron chi connectivity index (χ1n) is 15.3. The third kappa shape index (κ3) is 3.86. The lowest BCUT2D eigenvalue weighted by molar-refractivity contribution is 1.32. The molecule has 49 heavy (non-hydrogen) atoms. The summed E-state index contributed by atoms with van der Waals surface area (Å²) in [6, 6.07) is 40.6. The first kappa shape index (κ1) is 30.6. The summed E-state index contributed by atoms with van der Waals surface area (Å²) >= 11 is 21.0. The molecule has 3 heterocycles. The highest BCUT2D eigenvalue weighted by Crippen LogP contribution is 2.65. The summed E-state index contributed by atoms with van der Waals surface area (Å²) in [4.78, 5) is 2.29. The van der Waals surface area contributed by atoms with Crippen LogP contribution in [0.1, 0.15) is 16.7 Å². The molecule has 0 atom stereocenters. The molecule has 0 unspecified atom stereocenters. The van der Waals surface area contributed by atoms with E-state index >= 15 is 0 Å². The highest BCUT2D eigenvalue weighted by molar-refractivity contribution is 8.28. The fourth-order valence-electron chi connectivity index (χ4n) is 7.61. The Labute approximate surface area is 299 Å². The minimum absolute atomic E-state index is 0.482. The average Bonchev–Trinajstić information content (AvgIpc) is 3.17. The lowest BCUT2D eigenvalue weighted by Crippen LogP contribution is -2.53. The molecule has 0 amide bonds. The molecule has 0 spiro atoms.